The molecule has 1 saturated heterocycles. The van der Waals surface area contributed by atoms with Crippen LogP contribution in [0.2, 0.25) is 0 Å². The monoisotopic (exact) mass is 342 g/mol. The number of benzene rings is 1. The van der Waals surface area contributed by atoms with Crippen LogP contribution in [0.15, 0.2) is 24.3 Å². The van der Waals surface area contributed by atoms with Gasteiger partial charge in [0.2, 0.25) is 11.8 Å². The van der Waals surface area contributed by atoms with Crippen LogP contribution in [-0.4, -0.2) is 23.9 Å². The number of hydrogen-bond donors (Lipinski definition) is 2. The van der Waals surface area contributed by atoms with Gasteiger partial charge in [-0.3, -0.25) is 9.59 Å². The van der Waals surface area contributed by atoms with Crippen molar-refractivity contribution in [2.24, 2.45) is 5.92 Å². The summed E-state index contributed by atoms with van der Waals surface area (Å²) in [6.07, 6.45) is -3.10. The van der Waals surface area contributed by atoms with E-state index < -0.39 is 17.3 Å². The average molecular weight is 342 g/mol. The number of nitrogens with one attached hydrogen (secondary N) is 2. The van der Waals surface area contributed by atoms with Crippen LogP contribution in [0.3, 0.4) is 0 Å². The third-order valence-corrected chi connectivity index (χ3v) is 4.03. The van der Waals surface area contributed by atoms with Crippen LogP contribution >= 0.6 is 0 Å². The maximum absolute atomic E-state index is 12.6. The second-order valence-corrected chi connectivity index (χ2v) is 6.78. The summed E-state index contributed by atoms with van der Waals surface area (Å²) in [7, 11) is 0. The SMILES string of the molecule is CC(C)(Cc1ccc(C(F)(F)F)cc1)NC(=O)[C@@H]1CCC(=O)NC1. The minimum atomic E-state index is -4.35. The van der Waals surface area contributed by atoms with E-state index >= 15 is 0 Å². The highest BCUT2D eigenvalue weighted by molar-refractivity contribution is 5.84. The molecule has 1 fully saturated rings. The Kier molecular flexibility index (Phi) is 5.20. The van der Waals surface area contributed by atoms with E-state index in [1.54, 1.807) is 0 Å². The fraction of sp³-hybridized carbons (Fsp3) is 0.529. The summed E-state index contributed by atoms with van der Waals surface area (Å²) in [6.45, 7) is 3.97. The van der Waals surface area contributed by atoms with Gasteiger partial charge in [-0.25, -0.2) is 0 Å². The Morgan fingerprint density at radius 1 is 1.25 bits per heavy atom. The van der Waals surface area contributed by atoms with Crippen LogP contribution in [0.5, 0.6) is 0 Å². The fourth-order valence-corrected chi connectivity index (χ4v) is 2.76. The predicted octanol–water partition coefficient (Wildman–Crippen LogP) is 2.67. The number of rotatable bonds is 4. The summed E-state index contributed by atoms with van der Waals surface area (Å²) in [5, 5.41) is 5.58. The normalized spacial score (nSPS) is 18.9. The lowest BCUT2D eigenvalue weighted by molar-refractivity contribution is -0.137. The number of carbonyl (C=O) groups excluding carboxylic acids is 2. The summed E-state index contributed by atoms with van der Waals surface area (Å²) < 4.78 is 37.7. The fourth-order valence-electron chi connectivity index (χ4n) is 2.76. The van der Waals surface area contributed by atoms with Gasteiger partial charge >= 0.3 is 6.18 Å². The molecule has 1 aromatic rings. The van der Waals surface area contributed by atoms with E-state index in [-0.39, 0.29) is 17.7 Å². The van der Waals surface area contributed by atoms with E-state index in [9.17, 15) is 22.8 Å². The van der Waals surface area contributed by atoms with Crippen LogP contribution in [0.25, 0.3) is 0 Å². The molecule has 1 aromatic carbocycles. The molecule has 0 bridgehead atoms. The number of hydrogen-bond acceptors (Lipinski definition) is 2. The quantitative estimate of drug-likeness (QED) is 0.884. The highest BCUT2D eigenvalue weighted by Crippen LogP contribution is 2.29. The van der Waals surface area contributed by atoms with E-state index in [4.69, 9.17) is 0 Å². The van der Waals surface area contributed by atoms with Crippen molar-refractivity contribution in [1.29, 1.82) is 0 Å². The van der Waals surface area contributed by atoms with Gasteiger partial charge in [0, 0.05) is 18.5 Å². The highest BCUT2D eigenvalue weighted by Gasteiger charge is 2.31. The van der Waals surface area contributed by atoms with Crippen LogP contribution in [0.4, 0.5) is 13.2 Å². The van der Waals surface area contributed by atoms with E-state index in [1.807, 2.05) is 13.8 Å². The lowest BCUT2D eigenvalue weighted by atomic mass is 9.92. The predicted molar refractivity (Wildman–Crippen MR) is 83.1 cm³/mol. The summed E-state index contributed by atoms with van der Waals surface area (Å²) >= 11 is 0. The zero-order valence-corrected chi connectivity index (χ0v) is 13.7. The van der Waals surface area contributed by atoms with Gasteiger partial charge in [0.05, 0.1) is 11.5 Å². The molecule has 0 radical (unpaired) electrons. The molecule has 2 N–H and O–H groups in total. The molecular weight excluding hydrogens is 321 g/mol. The van der Waals surface area contributed by atoms with Crippen molar-refractivity contribution < 1.29 is 22.8 Å². The highest BCUT2D eigenvalue weighted by atomic mass is 19.4. The molecule has 1 heterocycles. The molecular formula is C17H21F3N2O2. The first-order chi connectivity index (χ1) is 11.1. The van der Waals surface area contributed by atoms with E-state index in [0.29, 0.717) is 31.4 Å². The maximum atomic E-state index is 12.6. The third-order valence-electron chi connectivity index (χ3n) is 4.03. The van der Waals surface area contributed by atoms with Gasteiger partial charge in [0.1, 0.15) is 0 Å². The molecule has 4 nitrogen and oxygen atoms in total. The van der Waals surface area contributed by atoms with Gasteiger partial charge in [-0.2, -0.15) is 13.2 Å². The van der Waals surface area contributed by atoms with E-state index in [0.717, 1.165) is 12.1 Å². The minimum Gasteiger partial charge on any atom is -0.355 e. The molecule has 1 aliphatic heterocycles. The average Bonchev–Trinajstić information content (AvgIpc) is 2.46. The molecule has 0 saturated carbocycles. The van der Waals surface area contributed by atoms with Crippen molar-refractivity contribution in [2.75, 3.05) is 6.54 Å². The summed E-state index contributed by atoms with van der Waals surface area (Å²) in [4.78, 5) is 23.4. The number of halogens is 3. The number of amides is 2. The molecule has 24 heavy (non-hydrogen) atoms. The molecule has 1 aliphatic rings. The maximum Gasteiger partial charge on any atom is 0.416 e. The molecule has 132 valence electrons. The second kappa shape index (κ2) is 6.83. The summed E-state index contributed by atoms with van der Waals surface area (Å²) in [5.74, 6) is -0.468. The van der Waals surface area contributed by atoms with Crippen LogP contribution in [-0.2, 0) is 22.2 Å². The lowest BCUT2D eigenvalue weighted by Gasteiger charge is -2.30. The number of alkyl halides is 3. The first kappa shape index (κ1) is 18.3. The second-order valence-electron chi connectivity index (χ2n) is 6.78. The van der Waals surface area contributed by atoms with Gasteiger partial charge in [0.15, 0.2) is 0 Å². The van der Waals surface area contributed by atoms with Crippen LogP contribution in [0, 0.1) is 5.92 Å². The van der Waals surface area contributed by atoms with Crippen molar-refractivity contribution in [3.63, 3.8) is 0 Å². The van der Waals surface area contributed by atoms with Crippen LogP contribution in [0.1, 0.15) is 37.8 Å². The Morgan fingerprint density at radius 3 is 2.38 bits per heavy atom. The first-order valence-corrected chi connectivity index (χ1v) is 7.82. The van der Waals surface area contributed by atoms with Crippen molar-refractivity contribution in [2.45, 2.75) is 44.8 Å². The zero-order valence-electron chi connectivity index (χ0n) is 13.7. The minimum absolute atomic E-state index is 0.0527. The first-order valence-electron chi connectivity index (χ1n) is 7.82. The van der Waals surface area contributed by atoms with Crippen molar-refractivity contribution >= 4 is 11.8 Å². The van der Waals surface area contributed by atoms with Gasteiger partial charge in [-0.1, -0.05) is 12.1 Å². The molecule has 0 aromatic heterocycles. The van der Waals surface area contributed by atoms with Gasteiger partial charge in [0.25, 0.3) is 0 Å². The van der Waals surface area contributed by atoms with Gasteiger partial charge in [-0.15, -0.1) is 0 Å². The van der Waals surface area contributed by atoms with Crippen molar-refractivity contribution in [3.8, 4) is 0 Å². The molecule has 1 atom stereocenters. The molecule has 2 rings (SSSR count). The lowest BCUT2D eigenvalue weighted by Crippen LogP contribution is -2.51. The Balaban J connectivity index is 1.95. The Morgan fingerprint density at radius 2 is 1.88 bits per heavy atom. The number of carbonyl (C=O) groups is 2. The molecule has 0 spiro atoms. The van der Waals surface area contributed by atoms with Gasteiger partial charge < -0.3 is 10.6 Å². The number of piperidine rings is 1. The summed E-state index contributed by atoms with van der Waals surface area (Å²) in [6, 6.07) is 4.95. The smallest absolute Gasteiger partial charge is 0.355 e. The molecule has 7 heteroatoms. The van der Waals surface area contributed by atoms with Gasteiger partial charge in [-0.05, 0) is 44.4 Å². The summed E-state index contributed by atoms with van der Waals surface area (Å²) in [5.41, 5.74) is -0.575. The largest absolute Gasteiger partial charge is 0.416 e. The van der Waals surface area contributed by atoms with Crippen molar-refractivity contribution in [1.82, 2.24) is 10.6 Å². The molecule has 0 aliphatic carbocycles. The molecule has 2 amide bonds. The van der Waals surface area contributed by atoms with E-state index in [1.165, 1.54) is 12.1 Å². The van der Waals surface area contributed by atoms with E-state index in [2.05, 4.69) is 10.6 Å². The topological polar surface area (TPSA) is 58.2 Å². The van der Waals surface area contributed by atoms with Crippen molar-refractivity contribution in [3.05, 3.63) is 35.4 Å². The Hall–Kier alpha value is -2.05. The van der Waals surface area contributed by atoms with Crippen LogP contribution < -0.4 is 10.6 Å². The zero-order chi connectivity index (χ0) is 18.0. The Labute approximate surface area is 138 Å². The standard InChI is InChI=1S/C17H21F3N2O2/c1-16(2,22-15(24)12-5-8-14(23)21-10-12)9-11-3-6-13(7-4-11)17(18,19)20/h3-4,6-7,12H,5,8-10H2,1-2H3,(H,21,23)(H,22,24)/t12-/m1/s1. The Bertz CT molecular complexity index is 599. The molecule has 0 unspecified atom stereocenters. The third kappa shape index (κ3) is 4.97.